The normalized spacial score (nSPS) is 23.1. The number of nitrogens with zero attached hydrogens (tertiary/aromatic N) is 1. The van der Waals surface area contributed by atoms with E-state index in [0.717, 1.165) is 38.2 Å². The van der Waals surface area contributed by atoms with Gasteiger partial charge in [-0.15, -0.1) is 0 Å². The maximum absolute atomic E-state index is 12.6. The van der Waals surface area contributed by atoms with Gasteiger partial charge in [-0.3, -0.25) is 0 Å². The molecule has 1 N–H and O–H groups in total. The van der Waals surface area contributed by atoms with Crippen LogP contribution in [-0.4, -0.2) is 25.7 Å². The highest BCUT2D eigenvalue weighted by molar-refractivity contribution is 5.50. The molecule has 1 saturated carbocycles. The number of piperidine rings is 1. The number of hydrogen-bond donors (Lipinski definition) is 1. The fourth-order valence-electron chi connectivity index (χ4n) is 3.05. The zero-order valence-corrected chi connectivity index (χ0v) is 12.0. The summed E-state index contributed by atoms with van der Waals surface area (Å²) in [6, 6.07) is 6.16. The van der Waals surface area contributed by atoms with Crippen LogP contribution in [0.4, 0.5) is 18.9 Å². The Kier molecular flexibility index (Phi) is 4.11. The van der Waals surface area contributed by atoms with Crippen LogP contribution in [0.15, 0.2) is 24.3 Å². The quantitative estimate of drug-likeness (QED) is 0.912. The summed E-state index contributed by atoms with van der Waals surface area (Å²) in [5.74, 6) is 0.599. The van der Waals surface area contributed by atoms with Crippen LogP contribution in [0.2, 0.25) is 0 Å². The van der Waals surface area contributed by atoms with Crippen molar-refractivity contribution >= 4 is 5.69 Å². The van der Waals surface area contributed by atoms with E-state index in [9.17, 15) is 13.2 Å². The van der Waals surface area contributed by atoms with E-state index >= 15 is 0 Å². The van der Waals surface area contributed by atoms with Crippen LogP contribution in [0.1, 0.15) is 31.2 Å². The van der Waals surface area contributed by atoms with Crippen LogP contribution in [-0.2, 0) is 6.18 Å². The minimum absolute atomic E-state index is 0.517. The summed E-state index contributed by atoms with van der Waals surface area (Å²) >= 11 is 0. The van der Waals surface area contributed by atoms with Gasteiger partial charge < -0.3 is 10.2 Å². The number of halogens is 3. The molecule has 0 bridgehead atoms. The lowest BCUT2D eigenvalue weighted by Gasteiger charge is -2.32. The minimum Gasteiger partial charge on any atom is -0.368 e. The summed E-state index contributed by atoms with van der Waals surface area (Å²) in [7, 11) is 0. The molecular formula is C16H21F3N2. The van der Waals surface area contributed by atoms with Crippen molar-refractivity contribution in [3.8, 4) is 0 Å². The molecule has 3 rings (SSSR count). The molecule has 116 valence electrons. The average Bonchev–Trinajstić information content (AvgIpc) is 3.30. The molecule has 2 fully saturated rings. The molecule has 1 aliphatic carbocycles. The van der Waals surface area contributed by atoms with Crippen LogP contribution in [0.25, 0.3) is 0 Å². The van der Waals surface area contributed by atoms with Crippen molar-refractivity contribution in [3.05, 3.63) is 29.8 Å². The average molecular weight is 298 g/mol. The fourth-order valence-corrected chi connectivity index (χ4v) is 3.05. The SMILES string of the molecule is FC(F)(F)c1ccc(N(CC2CCCNC2)C2CC2)cc1. The number of alkyl halides is 3. The Morgan fingerprint density at radius 2 is 1.81 bits per heavy atom. The molecule has 1 atom stereocenters. The number of anilines is 1. The van der Waals surface area contributed by atoms with Crippen molar-refractivity contribution in [2.45, 2.75) is 37.9 Å². The monoisotopic (exact) mass is 298 g/mol. The first kappa shape index (κ1) is 14.7. The predicted molar refractivity (Wildman–Crippen MR) is 77.4 cm³/mol. The second kappa shape index (κ2) is 5.87. The first-order valence-electron chi connectivity index (χ1n) is 7.68. The molecule has 21 heavy (non-hydrogen) atoms. The number of rotatable bonds is 4. The largest absolute Gasteiger partial charge is 0.416 e. The van der Waals surface area contributed by atoms with Crippen molar-refractivity contribution in [2.75, 3.05) is 24.5 Å². The van der Waals surface area contributed by atoms with Crippen molar-refractivity contribution in [1.82, 2.24) is 5.32 Å². The minimum atomic E-state index is -4.25. The molecule has 1 aromatic rings. The smallest absolute Gasteiger partial charge is 0.368 e. The topological polar surface area (TPSA) is 15.3 Å². The van der Waals surface area contributed by atoms with E-state index in [-0.39, 0.29) is 0 Å². The van der Waals surface area contributed by atoms with Gasteiger partial charge in [-0.2, -0.15) is 13.2 Å². The van der Waals surface area contributed by atoms with E-state index in [1.807, 2.05) is 0 Å². The maximum Gasteiger partial charge on any atom is 0.416 e. The van der Waals surface area contributed by atoms with E-state index in [2.05, 4.69) is 10.2 Å². The third-order valence-corrected chi connectivity index (χ3v) is 4.37. The molecule has 0 spiro atoms. The van der Waals surface area contributed by atoms with Crippen LogP contribution >= 0.6 is 0 Å². The van der Waals surface area contributed by atoms with Crippen LogP contribution in [0.5, 0.6) is 0 Å². The van der Waals surface area contributed by atoms with Gasteiger partial charge in [-0.25, -0.2) is 0 Å². The number of nitrogens with one attached hydrogen (secondary N) is 1. The first-order chi connectivity index (χ1) is 10.0. The summed E-state index contributed by atoms with van der Waals surface area (Å²) in [6.45, 7) is 3.05. The Hall–Kier alpha value is -1.23. The zero-order valence-electron chi connectivity index (χ0n) is 12.0. The summed E-state index contributed by atoms with van der Waals surface area (Å²) in [6.07, 6.45) is 0.450. The lowest BCUT2D eigenvalue weighted by Crippen LogP contribution is -2.39. The molecule has 0 aromatic heterocycles. The van der Waals surface area contributed by atoms with Gasteiger partial charge in [0.05, 0.1) is 5.56 Å². The Bertz CT molecular complexity index is 459. The lowest BCUT2D eigenvalue weighted by atomic mass is 9.98. The van der Waals surface area contributed by atoms with E-state index in [4.69, 9.17) is 0 Å². The van der Waals surface area contributed by atoms with Crippen molar-refractivity contribution in [2.24, 2.45) is 5.92 Å². The lowest BCUT2D eigenvalue weighted by molar-refractivity contribution is -0.137. The van der Waals surface area contributed by atoms with Gasteiger partial charge >= 0.3 is 6.18 Å². The first-order valence-corrected chi connectivity index (χ1v) is 7.68. The molecule has 0 amide bonds. The highest BCUT2D eigenvalue weighted by Gasteiger charge is 2.33. The third kappa shape index (κ3) is 3.70. The summed E-state index contributed by atoms with van der Waals surface area (Å²) in [5.41, 5.74) is 0.359. The van der Waals surface area contributed by atoms with Crippen LogP contribution in [0.3, 0.4) is 0 Å². The molecular weight excluding hydrogens is 277 g/mol. The second-order valence-electron chi connectivity index (χ2n) is 6.14. The van der Waals surface area contributed by atoms with Crippen molar-refractivity contribution in [1.29, 1.82) is 0 Å². The van der Waals surface area contributed by atoms with E-state index < -0.39 is 11.7 Å². The summed E-state index contributed by atoms with van der Waals surface area (Å²) in [4.78, 5) is 2.30. The van der Waals surface area contributed by atoms with Crippen LogP contribution in [0, 0.1) is 5.92 Å². The Balaban J connectivity index is 1.71. The number of benzene rings is 1. The van der Waals surface area contributed by atoms with Gasteiger partial charge in [0, 0.05) is 18.3 Å². The van der Waals surface area contributed by atoms with Gasteiger partial charge in [0.15, 0.2) is 0 Å². The Morgan fingerprint density at radius 3 is 2.33 bits per heavy atom. The van der Waals surface area contributed by atoms with Gasteiger partial charge in [0.1, 0.15) is 0 Å². The highest BCUT2D eigenvalue weighted by Crippen LogP contribution is 2.35. The Morgan fingerprint density at radius 1 is 1.10 bits per heavy atom. The maximum atomic E-state index is 12.6. The molecule has 1 aliphatic heterocycles. The predicted octanol–water partition coefficient (Wildman–Crippen LogP) is 3.67. The molecule has 0 radical (unpaired) electrons. The zero-order chi connectivity index (χ0) is 14.9. The van der Waals surface area contributed by atoms with Gasteiger partial charge in [-0.05, 0) is 69.0 Å². The van der Waals surface area contributed by atoms with Gasteiger partial charge in [0.25, 0.3) is 0 Å². The summed E-state index contributed by atoms with van der Waals surface area (Å²) < 4.78 is 37.9. The number of hydrogen-bond acceptors (Lipinski definition) is 2. The molecule has 2 nitrogen and oxygen atoms in total. The van der Waals surface area contributed by atoms with Crippen LogP contribution < -0.4 is 10.2 Å². The van der Waals surface area contributed by atoms with Crippen molar-refractivity contribution < 1.29 is 13.2 Å². The van der Waals surface area contributed by atoms with Gasteiger partial charge in [0.2, 0.25) is 0 Å². The molecule has 1 unspecified atom stereocenters. The van der Waals surface area contributed by atoms with Crippen molar-refractivity contribution in [3.63, 3.8) is 0 Å². The van der Waals surface area contributed by atoms with Gasteiger partial charge in [-0.1, -0.05) is 0 Å². The fraction of sp³-hybridized carbons (Fsp3) is 0.625. The standard InChI is InChI=1S/C16H21F3N2/c17-16(18,19)13-3-5-14(6-4-13)21(15-7-8-15)11-12-2-1-9-20-10-12/h3-6,12,15,20H,1-2,7-11H2. The second-order valence-corrected chi connectivity index (χ2v) is 6.14. The Labute approximate surface area is 123 Å². The van der Waals surface area contributed by atoms with E-state index in [1.165, 1.54) is 25.0 Å². The van der Waals surface area contributed by atoms with E-state index in [1.54, 1.807) is 12.1 Å². The molecule has 1 aromatic carbocycles. The van der Waals surface area contributed by atoms with E-state index in [0.29, 0.717) is 12.0 Å². The summed E-state index contributed by atoms with van der Waals surface area (Å²) in [5, 5.41) is 3.40. The molecule has 5 heteroatoms. The third-order valence-electron chi connectivity index (χ3n) is 4.37. The molecule has 1 saturated heterocycles. The highest BCUT2D eigenvalue weighted by atomic mass is 19.4. The molecule has 2 aliphatic rings. The molecule has 1 heterocycles.